The van der Waals surface area contributed by atoms with Gasteiger partial charge in [-0.1, -0.05) is 35.9 Å². The van der Waals surface area contributed by atoms with E-state index in [0.717, 1.165) is 11.1 Å². The minimum absolute atomic E-state index is 0.00891. The first-order chi connectivity index (χ1) is 18.7. The van der Waals surface area contributed by atoms with E-state index in [2.05, 4.69) is 15.4 Å². The summed E-state index contributed by atoms with van der Waals surface area (Å²) in [7, 11) is 1.31. The molecule has 1 fully saturated rings. The van der Waals surface area contributed by atoms with Gasteiger partial charge in [-0.2, -0.15) is 0 Å². The van der Waals surface area contributed by atoms with Crippen molar-refractivity contribution in [2.45, 2.75) is 32.0 Å². The van der Waals surface area contributed by atoms with E-state index in [1.54, 1.807) is 60.7 Å². The van der Waals surface area contributed by atoms with Crippen LogP contribution in [0.2, 0.25) is 5.02 Å². The van der Waals surface area contributed by atoms with E-state index in [1.165, 1.54) is 12.0 Å². The number of hydrogen-bond donors (Lipinski definition) is 2. The van der Waals surface area contributed by atoms with Gasteiger partial charge in [-0.05, 0) is 60.5 Å². The molecular weight excluding hydrogens is 525 g/mol. The first-order valence-corrected chi connectivity index (χ1v) is 12.8. The summed E-state index contributed by atoms with van der Waals surface area (Å²) in [5.74, 6) is -0.148. The molecule has 10 heteroatoms. The fourth-order valence-electron chi connectivity index (χ4n) is 4.41. The zero-order valence-electron chi connectivity index (χ0n) is 21.6. The summed E-state index contributed by atoms with van der Waals surface area (Å²) in [5, 5.41) is 5.91. The van der Waals surface area contributed by atoms with Crippen LogP contribution in [0.25, 0.3) is 0 Å². The second-order valence-electron chi connectivity index (χ2n) is 9.24. The van der Waals surface area contributed by atoms with Crippen LogP contribution in [0.1, 0.15) is 27.9 Å². The average Bonchev–Trinajstić information content (AvgIpc) is 3.30. The highest BCUT2D eigenvalue weighted by molar-refractivity contribution is 6.33. The fourth-order valence-corrected chi connectivity index (χ4v) is 4.59. The summed E-state index contributed by atoms with van der Waals surface area (Å²) in [6.45, 7) is 1.97. The Kier molecular flexibility index (Phi) is 9.03. The predicted octanol–water partition coefficient (Wildman–Crippen LogP) is 5.64. The molecule has 39 heavy (non-hydrogen) atoms. The Labute approximate surface area is 231 Å². The zero-order valence-corrected chi connectivity index (χ0v) is 22.3. The van der Waals surface area contributed by atoms with Crippen molar-refractivity contribution < 1.29 is 28.2 Å². The summed E-state index contributed by atoms with van der Waals surface area (Å²) in [5.41, 5.74) is 2.99. The number of hydrogen-bond acceptors (Lipinski definition) is 5. The van der Waals surface area contributed by atoms with Crippen LogP contribution in [0.15, 0.2) is 66.7 Å². The Morgan fingerprint density at radius 3 is 2.44 bits per heavy atom. The number of aryl methyl sites for hydroxylation is 1. The Balaban J connectivity index is 1.33. The maximum absolute atomic E-state index is 14.3. The van der Waals surface area contributed by atoms with Gasteiger partial charge in [0.05, 0.1) is 42.4 Å². The number of halogens is 2. The first-order valence-electron chi connectivity index (χ1n) is 12.4. The standard InChI is InChI=1S/C29H29ClFN3O5/c1-18-13-19(7-12-25(18)32-29(37)33-26-6-4-3-5-24(26)30)14-27(35)34-16-21(31)15-22(34)17-39-23-10-8-20(9-11-23)28(36)38-2/h3-13,21-22H,14-17H2,1-2H3,(H2,32,33,37). The highest BCUT2D eigenvalue weighted by Crippen LogP contribution is 2.25. The Hall–Kier alpha value is -4.11. The number of amides is 3. The molecule has 0 radical (unpaired) electrons. The third-order valence-corrected chi connectivity index (χ3v) is 6.75. The quantitative estimate of drug-likeness (QED) is 0.352. The lowest BCUT2D eigenvalue weighted by Crippen LogP contribution is -2.40. The normalized spacial score (nSPS) is 16.5. The molecule has 1 heterocycles. The molecule has 0 aliphatic carbocycles. The number of para-hydroxylation sites is 1. The second-order valence-corrected chi connectivity index (χ2v) is 9.65. The molecule has 3 amide bonds. The third-order valence-electron chi connectivity index (χ3n) is 6.42. The molecule has 0 spiro atoms. The largest absolute Gasteiger partial charge is 0.491 e. The topological polar surface area (TPSA) is 97.0 Å². The molecule has 204 valence electrons. The average molecular weight is 554 g/mol. The zero-order chi connectivity index (χ0) is 27.9. The molecular formula is C29H29ClFN3O5. The molecule has 0 bridgehead atoms. The van der Waals surface area contributed by atoms with Gasteiger partial charge in [0, 0.05) is 12.1 Å². The molecule has 1 aliphatic heterocycles. The maximum Gasteiger partial charge on any atom is 0.337 e. The molecule has 2 N–H and O–H groups in total. The van der Waals surface area contributed by atoms with E-state index in [9.17, 15) is 18.8 Å². The van der Waals surface area contributed by atoms with Crippen molar-refractivity contribution in [2.75, 3.05) is 30.9 Å². The molecule has 8 nitrogen and oxygen atoms in total. The van der Waals surface area contributed by atoms with Crippen LogP contribution in [-0.4, -0.2) is 55.3 Å². The molecule has 4 rings (SSSR count). The predicted molar refractivity (Wildman–Crippen MR) is 147 cm³/mol. The number of carbonyl (C=O) groups excluding carboxylic acids is 3. The van der Waals surface area contributed by atoms with Crippen LogP contribution in [-0.2, 0) is 16.0 Å². The lowest BCUT2D eigenvalue weighted by Gasteiger charge is -2.24. The van der Waals surface area contributed by atoms with Crippen LogP contribution in [0.3, 0.4) is 0 Å². The van der Waals surface area contributed by atoms with Crippen LogP contribution in [0.4, 0.5) is 20.6 Å². The monoisotopic (exact) mass is 553 g/mol. The molecule has 2 unspecified atom stereocenters. The van der Waals surface area contributed by atoms with Crippen molar-refractivity contribution in [1.29, 1.82) is 0 Å². The van der Waals surface area contributed by atoms with E-state index in [4.69, 9.17) is 16.3 Å². The van der Waals surface area contributed by atoms with Crippen molar-refractivity contribution in [3.05, 3.63) is 88.4 Å². The fraction of sp³-hybridized carbons (Fsp3) is 0.276. The molecule has 1 aliphatic rings. The van der Waals surface area contributed by atoms with Gasteiger partial charge in [-0.3, -0.25) is 4.79 Å². The minimum atomic E-state index is -1.13. The molecule has 0 saturated carbocycles. The number of alkyl halides is 1. The van der Waals surface area contributed by atoms with E-state index >= 15 is 0 Å². The van der Waals surface area contributed by atoms with Gasteiger partial charge in [0.2, 0.25) is 5.91 Å². The second kappa shape index (κ2) is 12.6. The first kappa shape index (κ1) is 27.9. The Morgan fingerprint density at radius 1 is 1.03 bits per heavy atom. The number of likely N-dealkylation sites (tertiary alicyclic amines) is 1. The van der Waals surface area contributed by atoms with Gasteiger partial charge in [0.1, 0.15) is 18.5 Å². The molecule has 1 saturated heterocycles. The van der Waals surface area contributed by atoms with Gasteiger partial charge in [0.15, 0.2) is 0 Å². The summed E-state index contributed by atoms with van der Waals surface area (Å²) in [6.07, 6.45) is -0.854. The van der Waals surface area contributed by atoms with Crippen molar-refractivity contribution in [2.24, 2.45) is 0 Å². The van der Waals surface area contributed by atoms with Gasteiger partial charge in [-0.25, -0.2) is 14.0 Å². The molecule has 3 aromatic carbocycles. The van der Waals surface area contributed by atoms with Gasteiger partial charge < -0.3 is 25.0 Å². The minimum Gasteiger partial charge on any atom is -0.491 e. The van der Waals surface area contributed by atoms with Gasteiger partial charge >= 0.3 is 12.0 Å². The summed E-state index contributed by atoms with van der Waals surface area (Å²) in [6, 6.07) is 17.8. The van der Waals surface area contributed by atoms with Crippen molar-refractivity contribution in [3.63, 3.8) is 0 Å². The third kappa shape index (κ3) is 7.26. The number of ether oxygens (including phenoxy) is 2. The number of carbonyl (C=O) groups is 3. The summed E-state index contributed by atoms with van der Waals surface area (Å²) >= 11 is 6.09. The SMILES string of the molecule is COC(=O)c1ccc(OCC2CC(F)CN2C(=O)Cc2ccc(NC(=O)Nc3ccccc3Cl)c(C)c2)cc1. The van der Waals surface area contributed by atoms with Crippen LogP contribution < -0.4 is 15.4 Å². The smallest absolute Gasteiger partial charge is 0.337 e. The number of anilines is 2. The number of urea groups is 1. The molecule has 3 aromatic rings. The summed E-state index contributed by atoms with van der Waals surface area (Å²) in [4.78, 5) is 38.6. The van der Waals surface area contributed by atoms with Crippen molar-refractivity contribution >= 4 is 40.9 Å². The van der Waals surface area contributed by atoms with Gasteiger partial charge in [0.25, 0.3) is 0 Å². The molecule has 2 atom stereocenters. The van der Waals surface area contributed by atoms with Crippen LogP contribution >= 0.6 is 11.6 Å². The van der Waals surface area contributed by atoms with Crippen LogP contribution in [0, 0.1) is 6.92 Å². The highest BCUT2D eigenvalue weighted by Gasteiger charge is 2.35. The van der Waals surface area contributed by atoms with Crippen LogP contribution in [0.5, 0.6) is 5.75 Å². The number of benzene rings is 3. The van der Waals surface area contributed by atoms with E-state index in [-0.39, 0.29) is 31.9 Å². The lowest BCUT2D eigenvalue weighted by atomic mass is 10.1. The summed E-state index contributed by atoms with van der Waals surface area (Å²) < 4.78 is 24.8. The van der Waals surface area contributed by atoms with Crippen molar-refractivity contribution in [1.82, 2.24) is 4.90 Å². The number of nitrogens with zero attached hydrogens (tertiary/aromatic N) is 1. The van der Waals surface area contributed by atoms with E-state index in [1.807, 2.05) is 13.0 Å². The Morgan fingerprint density at radius 2 is 1.74 bits per heavy atom. The highest BCUT2D eigenvalue weighted by atomic mass is 35.5. The lowest BCUT2D eigenvalue weighted by molar-refractivity contribution is -0.132. The Bertz CT molecular complexity index is 1350. The van der Waals surface area contributed by atoms with Gasteiger partial charge in [-0.15, -0.1) is 0 Å². The molecule has 0 aromatic heterocycles. The van der Waals surface area contributed by atoms with E-state index < -0.39 is 24.2 Å². The maximum atomic E-state index is 14.3. The number of rotatable bonds is 8. The van der Waals surface area contributed by atoms with E-state index in [0.29, 0.717) is 27.7 Å². The number of esters is 1. The van der Waals surface area contributed by atoms with Crippen molar-refractivity contribution in [3.8, 4) is 5.75 Å². The number of nitrogens with one attached hydrogen (secondary N) is 2. The number of methoxy groups -OCH3 is 1.